The topological polar surface area (TPSA) is 58.6 Å². The first-order valence-electron chi connectivity index (χ1n) is 5.05. The van der Waals surface area contributed by atoms with Crippen LogP contribution < -0.4 is 4.72 Å². The Hall–Kier alpha value is -0.170. The first-order chi connectivity index (χ1) is 6.89. The molecule has 0 spiro atoms. The molecule has 0 saturated heterocycles. The maximum Gasteiger partial charge on any atom is 0.213 e. The highest BCUT2D eigenvalue weighted by molar-refractivity contribution is 7.89. The number of nitrogens with zero attached hydrogens (tertiary/aromatic N) is 1. The van der Waals surface area contributed by atoms with Crippen LogP contribution in [0.5, 0.6) is 0 Å². The monoisotopic (exact) mass is 240 g/mol. The van der Waals surface area contributed by atoms with E-state index in [4.69, 9.17) is 4.74 Å². The lowest BCUT2D eigenvalue weighted by molar-refractivity contribution is 0.216. The number of sulfonamides is 1. The Morgan fingerprint density at radius 1 is 1.47 bits per heavy atom. The molecule has 0 aromatic heterocycles. The van der Waals surface area contributed by atoms with Crippen LogP contribution in [0.15, 0.2) is 0 Å². The number of likely N-dealkylation sites (N-methyl/N-ethyl adjacent to an activating group) is 1. The summed E-state index contributed by atoms with van der Waals surface area (Å²) in [5, 5.41) is 0. The highest BCUT2D eigenvalue weighted by Crippen LogP contribution is 1.92. The minimum Gasteiger partial charge on any atom is -0.384 e. The van der Waals surface area contributed by atoms with Gasteiger partial charge in [0, 0.05) is 27.7 Å². The molecule has 0 aromatic carbocycles. The molecule has 1 N–H and O–H groups in total. The quantitative estimate of drug-likeness (QED) is 0.655. The lowest BCUT2D eigenvalue weighted by atomic mass is 10.3. The van der Waals surface area contributed by atoms with Gasteiger partial charge in [0.05, 0.1) is 12.4 Å². The summed E-state index contributed by atoms with van der Waals surface area (Å²) < 4.78 is 29.9. The van der Waals surface area contributed by atoms with Gasteiger partial charge in [0.25, 0.3) is 0 Å². The summed E-state index contributed by atoms with van der Waals surface area (Å²) in [5.41, 5.74) is 0. The van der Waals surface area contributed by atoms with Crippen LogP contribution in [0.1, 0.15) is 15.3 Å². The van der Waals surface area contributed by atoms with Crippen molar-refractivity contribution >= 4 is 10.0 Å². The zero-order valence-electron chi connectivity index (χ0n) is 9.99. The molecule has 0 atom stereocenters. The molecule has 0 heterocycles. The molecular formula is C9H24N2O3S. The van der Waals surface area contributed by atoms with E-state index in [1.165, 1.54) is 7.11 Å². The van der Waals surface area contributed by atoms with Crippen LogP contribution >= 0.6 is 0 Å². The van der Waals surface area contributed by atoms with Gasteiger partial charge in [-0.25, -0.2) is 13.1 Å². The fourth-order valence-electron chi connectivity index (χ4n) is 0.901. The molecule has 0 amide bonds. The van der Waals surface area contributed by atoms with E-state index < -0.39 is 10.0 Å². The van der Waals surface area contributed by atoms with E-state index in [0.29, 0.717) is 19.1 Å². The van der Waals surface area contributed by atoms with Crippen molar-refractivity contribution in [2.24, 2.45) is 0 Å². The molecule has 5 nitrogen and oxygen atoms in total. The highest BCUT2D eigenvalue weighted by atomic mass is 32.2. The summed E-state index contributed by atoms with van der Waals surface area (Å²) in [5.74, 6) is 0.0227. The van der Waals surface area contributed by atoms with Crippen LogP contribution in [0.25, 0.3) is 0 Å². The summed E-state index contributed by atoms with van der Waals surface area (Å²) in [6.45, 7) is 5.53. The van der Waals surface area contributed by atoms with E-state index in [1.807, 2.05) is 7.05 Å². The molecule has 0 saturated carbocycles. The van der Waals surface area contributed by atoms with Crippen molar-refractivity contribution in [3.63, 3.8) is 0 Å². The van der Waals surface area contributed by atoms with Gasteiger partial charge in [0.15, 0.2) is 0 Å². The standard InChI is InChI=1S/C9H22N2O3S.H2/c1-9(2)11(3)6-5-10-15(12,13)8-7-14-4;/h9-10H,5-8H2,1-4H3;1H. The van der Waals surface area contributed by atoms with Crippen molar-refractivity contribution < 1.29 is 14.6 Å². The predicted molar refractivity (Wildman–Crippen MR) is 63.5 cm³/mol. The molecular weight excluding hydrogens is 216 g/mol. The molecule has 0 aliphatic carbocycles. The molecule has 0 aliphatic heterocycles. The number of hydrogen-bond acceptors (Lipinski definition) is 4. The molecule has 0 radical (unpaired) electrons. The average Bonchev–Trinajstić information content (AvgIpc) is 2.14. The number of hydrogen-bond donors (Lipinski definition) is 1. The molecule has 94 valence electrons. The van der Waals surface area contributed by atoms with Gasteiger partial charge in [-0.3, -0.25) is 0 Å². The van der Waals surface area contributed by atoms with Crippen LogP contribution in [-0.2, 0) is 14.8 Å². The smallest absolute Gasteiger partial charge is 0.213 e. The molecule has 0 aliphatic rings. The lowest BCUT2D eigenvalue weighted by Gasteiger charge is -2.20. The molecule has 6 heteroatoms. The van der Waals surface area contributed by atoms with E-state index in [-0.39, 0.29) is 13.8 Å². The highest BCUT2D eigenvalue weighted by Gasteiger charge is 2.10. The number of ether oxygens (including phenoxy) is 1. The summed E-state index contributed by atoms with van der Waals surface area (Å²) in [7, 11) is 0.288. The maximum absolute atomic E-state index is 11.3. The maximum atomic E-state index is 11.3. The Morgan fingerprint density at radius 2 is 2.07 bits per heavy atom. The van der Waals surface area contributed by atoms with Gasteiger partial charge >= 0.3 is 0 Å². The van der Waals surface area contributed by atoms with Crippen molar-refractivity contribution in [3.8, 4) is 0 Å². The fourth-order valence-corrected chi connectivity index (χ4v) is 1.83. The first-order valence-corrected chi connectivity index (χ1v) is 6.71. The molecule has 0 rings (SSSR count). The largest absolute Gasteiger partial charge is 0.384 e. The van der Waals surface area contributed by atoms with Crippen LogP contribution in [0.2, 0.25) is 0 Å². The SMILES string of the molecule is COCCS(=O)(=O)NCCN(C)C(C)C.[HH]. The second kappa shape index (κ2) is 7.16. The van der Waals surface area contributed by atoms with Crippen molar-refractivity contribution in [2.45, 2.75) is 19.9 Å². The summed E-state index contributed by atoms with van der Waals surface area (Å²) >= 11 is 0. The third-order valence-corrected chi connectivity index (χ3v) is 3.57. The van der Waals surface area contributed by atoms with Crippen molar-refractivity contribution in [3.05, 3.63) is 0 Å². The fraction of sp³-hybridized carbons (Fsp3) is 1.00. The first kappa shape index (κ1) is 14.8. The number of methoxy groups -OCH3 is 1. The second-order valence-electron chi connectivity index (χ2n) is 3.78. The third-order valence-electron chi connectivity index (χ3n) is 2.22. The Bertz CT molecular complexity index is 257. The number of rotatable bonds is 8. The Balaban J connectivity index is 0. The van der Waals surface area contributed by atoms with Gasteiger partial charge in [-0.1, -0.05) is 0 Å². The molecule has 0 bridgehead atoms. The third kappa shape index (κ3) is 7.72. The zero-order valence-corrected chi connectivity index (χ0v) is 10.8. The lowest BCUT2D eigenvalue weighted by Crippen LogP contribution is -2.37. The van der Waals surface area contributed by atoms with E-state index in [2.05, 4.69) is 23.5 Å². The molecule has 0 unspecified atom stereocenters. The minimum absolute atomic E-state index is 0. The van der Waals surface area contributed by atoms with Crippen LogP contribution in [0, 0.1) is 0 Å². The molecule has 0 fully saturated rings. The average molecular weight is 240 g/mol. The van der Waals surface area contributed by atoms with Crippen molar-refractivity contribution in [1.29, 1.82) is 0 Å². The Morgan fingerprint density at radius 3 is 2.53 bits per heavy atom. The van der Waals surface area contributed by atoms with Gasteiger partial charge < -0.3 is 9.64 Å². The summed E-state index contributed by atoms with van der Waals surface area (Å²) in [6, 6.07) is 0.425. The molecule has 15 heavy (non-hydrogen) atoms. The van der Waals surface area contributed by atoms with E-state index in [0.717, 1.165) is 0 Å². The Kier molecular flexibility index (Phi) is 7.08. The van der Waals surface area contributed by atoms with Gasteiger partial charge in [-0.05, 0) is 20.9 Å². The molecule has 0 aromatic rings. The van der Waals surface area contributed by atoms with Crippen LogP contribution in [0.4, 0.5) is 0 Å². The van der Waals surface area contributed by atoms with Gasteiger partial charge in [0.1, 0.15) is 0 Å². The number of nitrogens with one attached hydrogen (secondary N) is 1. The normalized spacial score (nSPS) is 12.7. The minimum atomic E-state index is -3.17. The van der Waals surface area contributed by atoms with E-state index in [9.17, 15) is 8.42 Å². The van der Waals surface area contributed by atoms with Crippen LogP contribution in [-0.4, -0.2) is 59.0 Å². The van der Waals surface area contributed by atoms with Gasteiger partial charge in [-0.15, -0.1) is 0 Å². The van der Waals surface area contributed by atoms with Gasteiger partial charge in [-0.2, -0.15) is 0 Å². The second-order valence-corrected chi connectivity index (χ2v) is 5.71. The Labute approximate surface area is 94.3 Å². The zero-order chi connectivity index (χ0) is 11.9. The van der Waals surface area contributed by atoms with E-state index >= 15 is 0 Å². The van der Waals surface area contributed by atoms with Crippen LogP contribution in [0.3, 0.4) is 0 Å². The van der Waals surface area contributed by atoms with Gasteiger partial charge in [0.2, 0.25) is 10.0 Å². The van der Waals surface area contributed by atoms with Crippen molar-refractivity contribution in [2.75, 3.05) is 39.6 Å². The summed E-state index contributed by atoms with van der Waals surface area (Å²) in [4.78, 5) is 2.08. The van der Waals surface area contributed by atoms with Crippen molar-refractivity contribution in [1.82, 2.24) is 9.62 Å². The summed E-state index contributed by atoms with van der Waals surface area (Å²) in [6.07, 6.45) is 0. The van der Waals surface area contributed by atoms with E-state index in [1.54, 1.807) is 0 Å². The predicted octanol–water partition coefficient (Wildman–Crippen LogP) is 0.138.